The van der Waals surface area contributed by atoms with E-state index in [9.17, 15) is 4.79 Å². The minimum absolute atomic E-state index is 0.546. The first kappa shape index (κ1) is 22.9. The van der Waals surface area contributed by atoms with Gasteiger partial charge in [-0.25, -0.2) is 0 Å². The molecular weight excluding hydrogens is 352 g/mol. The summed E-state index contributed by atoms with van der Waals surface area (Å²) >= 11 is 0. The molecule has 0 N–H and O–H groups in total. The number of rotatable bonds is 14. The molecule has 0 saturated heterocycles. The molecule has 0 aliphatic heterocycles. The van der Waals surface area contributed by atoms with E-state index in [1.165, 1.54) is 36.9 Å². The van der Waals surface area contributed by atoms with E-state index in [4.69, 9.17) is 4.74 Å². The van der Waals surface area contributed by atoms with Crippen LogP contribution in [0.1, 0.15) is 38.5 Å². The zero-order chi connectivity index (χ0) is 19.5. The number of carbonyl (C=O) groups is 1. The highest BCUT2D eigenvalue weighted by Gasteiger charge is 2.26. The highest BCUT2D eigenvalue weighted by molar-refractivity contribution is 6.91. The van der Waals surface area contributed by atoms with Gasteiger partial charge < -0.3 is 4.74 Å². The van der Waals surface area contributed by atoms with Crippen molar-refractivity contribution in [3.05, 3.63) is 36.9 Å². The van der Waals surface area contributed by atoms with Crippen molar-refractivity contribution >= 4 is 33.0 Å². The summed E-state index contributed by atoms with van der Waals surface area (Å²) in [5.74, 6) is 0. The van der Waals surface area contributed by atoms with E-state index < -0.39 is 16.1 Å². The van der Waals surface area contributed by atoms with Crippen LogP contribution in [0.3, 0.4) is 0 Å². The van der Waals surface area contributed by atoms with Crippen molar-refractivity contribution in [2.24, 2.45) is 0 Å². The predicted molar refractivity (Wildman–Crippen MR) is 120 cm³/mol. The SMILES string of the molecule is C=CCCCCCC[Si](C)(C)c1ccc([Si](C)(C)CCCOC=O)cc1. The normalized spacial score (nSPS) is 12.0. The van der Waals surface area contributed by atoms with E-state index in [-0.39, 0.29) is 0 Å². The van der Waals surface area contributed by atoms with Crippen molar-refractivity contribution in [1.82, 2.24) is 0 Å². The van der Waals surface area contributed by atoms with Gasteiger partial charge in [-0.2, -0.15) is 0 Å². The van der Waals surface area contributed by atoms with Gasteiger partial charge in [-0.15, -0.1) is 6.58 Å². The Hall–Kier alpha value is -1.14. The summed E-state index contributed by atoms with van der Waals surface area (Å²) in [6.45, 7) is 14.7. The first-order chi connectivity index (χ1) is 12.3. The molecule has 0 aliphatic rings. The topological polar surface area (TPSA) is 26.3 Å². The maximum atomic E-state index is 10.3. The quantitative estimate of drug-likeness (QED) is 0.188. The van der Waals surface area contributed by atoms with E-state index in [1.54, 1.807) is 5.19 Å². The monoisotopic (exact) mass is 390 g/mol. The molecule has 0 atom stereocenters. The van der Waals surface area contributed by atoms with Crippen LogP contribution in [0.15, 0.2) is 36.9 Å². The minimum Gasteiger partial charge on any atom is -0.468 e. The summed E-state index contributed by atoms with van der Waals surface area (Å²) < 4.78 is 4.84. The molecule has 26 heavy (non-hydrogen) atoms. The van der Waals surface area contributed by atoms with Crippen LogP contribution in [-0.4, -0.2) is 29.2 Å². The molecule has 0 radical (unpaired) electrons. The van der Waals surface area contributed by atoms with Crippen LogP contribution in [0.5, 0.6) is 0 Å². The lowest BCUT2D eigenvalue weighted by atomic mass is 10.1. The van der Waals surface area contributed by atoms with Gasteiger partial charge >= 0.3 is 0 Å². The summed E-state index contributed by atoms with van der Waals surface area (Å²) in [6, 6.07) is 12.1. The largest absolute Gasteiger partial charge is 0.468 e. The molecule has 0 bridgehead atoms. The van der Waals surface area contributed by atoms with Gasteiger partial charge in [0.2, 0.25) is 0 Å². The standard InChI is InChI=1S/C22H38O2Si2/c1-6-7-8-9-10-11-18-25(2,3)21-13-15-22(16-14-21)26(4,5)19-12-17-24-20-23/h6,13-16,20H,1,7-12,17-19H2,2-5H3. The molecule has 2 nitrogen and oxygen atoms in total. The number of allylic oxidation sites excluding steroid dienone is 1. The third-order valence-corrected chi connectivity index (χ3v) is 12.5. The van der Waals surface area contributed by atoms with Crippen molar-refractivity contribution in [1.29, 1.82) is 0 Å². The fraction of sp³-hybridized carbons (Fsp3) is 0.591. The highest BCUT2D eigenvalue weighted by Crippen LogP contribution is 2.17. The summed E-state index contributed by atoms with van der Waals surface area (Å²) in [7, 11) is -2.77. The average Bonchev–Trinajstić information content (AvgIpc) is 2.62. The maximum Gasteiger partial charge on any atom is 0.293 e. The van der Waals surface area contributed by atoms with Crippen LogP contribution in [0, 0.1) is 0 Å². The molecule has 4 heteroatoms. The Morgan fingerprint density at radius 1 is 0.846 bits per heavy atom. The molecule has 1 aromatic carbocycles. The van der Waals surface area contributed by atoms with E-state index in [1.807, 2.05) is 6.08 Å². The maximum absolute atomic E-state index is 10.3. The molecule has 0 saturated carbocycles. The molecule has 1 aromatic rings. The van der Waals surface area contributed by atoms with E-state index >= 15 is 0 Å². The minimum atomic E-state index is -1.44. The predicted octanol–water partition coefficient (Wildman–Crippen LogP) is 5.22. The Morgan fingerprint density at radius 3 is 1.85 bits per heavy atom. The van der Waals surface area contributed by atoms with Crippen LogP contribution in [0.4, 0.5) is 0 Å². The number of hydrogen-bond donors (Lipinski definition) is 0. The van der Waals surface area contributed by atoms with Gasteiger partial charge in [-0.3, -0.25) is 4.79 Å². The fourth-order valence-electron chi connectivity index (χ4n) is 3.52. The van der Waals surface area contributed by atoms with Crippen molar-refractivity contribution in [3.63, 3.8) is 0 Å². The second-order valence-corrected chi connectivity index (χ2v) is 18.3. The average molecular weight is 391 g/mol. The second kappa shape index (κ2) is 11.6. The lowest BCUT2D eigenvalue weighted by Gasteiger charge is -2.26. The highest BCUT2D eigenvalue weighted by atomic mass is 28.3. The number of unbranched alkanes of at least 4 members (excludes halogenated alkanes) is 4. The first-order valence-electron chi connectivity index (χ1n) is 10.1. The Morgan fingerprint density at radius 2 is 1.35 bits per heavy atom. The van der Waals surface area contributed by atoms with Crippen LogP contribution in [-0.2, 0) is 9.53 Å². The Labute approximate surface area is 163 Å². The molecule has 0 fully saturated rings. The molecular formula is C22H38O2Si2. The zero-order valence-electron chi connectivity index (χ0n) is 17.4. The Kier molecular flexibility index (Phi) is 10.2. The van der Waals surface area contributed by atoms with Gasteiger partial charge in [0.15, 0.2) is 0 Å². The van der Waals surface area contributed by atoms with Gasteiger partial charge in [0, 0.05) is 0 Å². The van der Waals surface area contributed by atoms with E-state index in [2.05, 4.69) is 57.0 Å². The third kappa shape index (κ3) is 8.04. The number of hydrogen-bond acceptors (Lipinski definition) is 2. The number of benzene rings is 1. The number of carbonyl (C=O) groups excluding carboxylic acids is 1. The van der Waals surface area contributed by atoms with Crippen LogP contribution < -0.4 is 10.4 Å². The summed E-state index contributed by atoms with van der Waals surface area (Å²) in [4.78, 5) is 10.3. The summed E-state index contributed by atoms with van der Waals surface area (Å²) in [5.41, 5.74) is 0. The van der Waals surface area contributed by atoms with Crippen molar-refractivity contribution < 1.29 is 9.53 Å². The second-order valence-electron chi connectivity index (χ2n) is 8.66. The number of ether oxygens (including phenoxy) is 1. The molecule has 0 aliphatic carbocycles. The molecule has 1 rings (SSSR count). The molecule has 0 unspecified atom stereocenters. The molecule has 0 amide bonds. The smallest absolute Gasteiger partial charge is 0.293 e. The summed E-state index contributed by atoms with van der Waals surface area (Å²) in [5, 5.41) is 3.10. The Bertz CT molecular complexity index is 536. The molecule has 146 valence electrons. The zero-order valence-corrected chi connectivity index (χ0v) is 19.4. The van der Waals surface area contributed by atoms with E-state index in [0.717, 1.165) is 18.9 Å². The third-order valence-electron chi connectivity index (χ3n) is 5.54. The van der Waals surface area contributed by atoms with E-state index in [0.29, 0.717) is 13.1 Å². The van der Waals surface area contributed by atoms with Crippen LogP contribution >= 0.6 is 0 Å². The van der Waals surface area contributed by atoms with Crippen molar-refractivity contribution in [2.45, 2.75) is 76.8 Å². The fourth-order valence-corrected chi connectivity index (χ4v) is 8.39. The van der Waals surface area contributed by atoms with Gasteiger partial charge in [0.05, 0.1) is 22.8 Å². The first-order valence-corrected chi connectivity index (χ1v) is 16.5. The van der Waals surface area contributed by atoms with Crippen molar-refractivity contribution in [2.75, 3.05) is 6.61 Å². The summed E-state index contributed by atoms with van der Waals surface area (Å²) in [6.07, 6.45) is 9.48. The molecule has 0 spiro atoms. The van der Waals surface area contributed by atoms with Gasteiger partial charge in [-0.1, -0.05) is 98.3 Å². The van der Waals surface area contributed by atoms with Gasteiger partial charge in [0.25, 0.3) is 6.47 Å². The lowest BCUT2D eigenvalue weighted by molar-refractivity contribution is -0.128. The Balaban J connectivity index is 2.55. The van der Waals surface area contributed by atoms with Crippen molar-refractivity contribution in [3.8, 4) is 0 Å². The van der Waals surface area contributed by atoms with Gasteiger partial charge in [-0.05, 0) is 19.3 Å². The molecule has 0 aromatic heterocycles. The van der Waals surface area contributed by atoms with Gasteiger partial charge in [0.1, 0.15) is 0 Å². The lowest BCUT2D eigenvalue weighted by Crippen LogP contribution is -2.45. The van der Waals surface area contributed by atoms with Crippen LogP contribution in [0.25, 0.3) is 0 Å². The van der Waals surface area contributed by atoms with Crippen LogP contribution in [0.2, 0.25) is 38.3 Å². The molecule has 0 heterocycles.